The Labute approximate surface area is 199 Å². The highest BCUT2D eigenvalue weighted by atomic mass is 32.2. The van der Waals surface area contributed by atoms with Gasteiger partial charge in [0, 0.05) is 17.0 Å². The third-order valence-electron chi connectivity index (χ3n) is 5.58. The maximum atomic E-state index is 13.5. The number of nitrogens with one attached hydrogen (secondary N) is 1. The first-order valence-electron chi connectivity index (χ1n) is 11.3. The summed E-state index contributed by atoms with van der Waals surface area (Å²) >= 11 is 1.49. The average Bonchev–Trinajstić information content (AvgIpc) is 2.83. The molecule has 1 aliphatic rings. The van der Waals surface area contributed by atoms with Gasteiger partial charge in [-0.05, 0) is 54.8 Å². The molecule has 1 N–H and O–H groups in total. The number of anilines is 1. The summed E-state index contributed by atoms with van der Waals surface area (Å²) in [6.45, 7) is 5.36. The second-order valence-electron chi connectivity index (χ2n) is 8.19. The lowest BCUT2D eigenvalue weighted by atomic mass is 10.1. The lowest BCUT2D eigenvalue weighted by Gasteiger charge is -2.30. The fourth-order valence-electron chi connectivity index (χ4n) is 3.66. The SMILES string of the molecule is CCCCNC(=O)c1ccc(/C=C2/Sc3ccccc3N(Cc3ccc(C)cc3)C2=O)cc1. The Hall–Kier alpha value is -3.31. The van der Waals surface area contributed by atoms with E-state index >= 15 is 0 Å². The molecule has 0 radical (unpaired) electrons. The van der Waals surface area contributed by atoms with Crippen molar-refractivity contribution in [3.05, 3.63) is 100.0 Å². The third-order valence-corrected chi connectivity index (χ3v) is 6.66. The zero-order valence-corrected chi connectivity index (χ0v) is 19.8. The van der Waals surface area contributed by atoms with E-state index in [1.165, 1.54) is 17.3 Å². The van der Waals surface area contributed by atoms with E-state index in [-0.39, 0.29) is 11.8 Å². The lowest BCUT2D eigenvalue weighted by molar-refractivity contribution is -0.114. The Morgan fingerprint density at radius 2 is 1.73 bits per heavy atom. The molecular weight excluding hydrogens is 428 g/mol. The molecule has 33 heavy (non-hydrogen) atoms. The third kappa shape index (κ3) is 5.55. The summed E-state index contributed by atoms with van der Waals surface area (Å²) in [6.07, 6.45) is 3.92. The first-order chi connectivity index (χ1) is 16.0. The van der Waals surface area contributed by atoms with Crippen LogP contribution in [0.2, 0.25) is 0 Å². The highest BCUT2D eigenvalue weighted by Crippen LogP contribution is 2.42. The van der Waals surface area contributed by atoms with Crippen molar-refractivity contribution in [2.24, 2.45) is 0 Å². The summed E-state index contributed by atoms with van der Waals surface area (Å²) < 4.78 is 0. The van der Waals surface area contributed by atoms with Gasteiger partial charge in [0.25, 0.3) is 11.8 Å². The molecular formula is C28H28N2O2S. The minimum Gasteiger partial charge on any atom is -0.352 e. The minimum atomic E-state index is -0.0658. The van der Waals surface area contributed by atoms with Gasteiger partial charge in [0.1, 0.15) is 0 Å². The molecule has 4 nitrogen and oxygen atoms in total. The fourth-order valence-corrected chi connectivity index (χ4v) is 4.72. The van der Waals surface area contributed by atoms with E-state index < -0.39 is 0 Å². The largest absolute Gasteiger partial charge is 0.352 e. The quantitative estimate of drug-likeness (QED) is 0.340. The number of thioether (sulfide) groups is 1. The highest BCUT2D eigenvalue weighted by Gasteiger charge is 2.29. The normalized spacial score (nSPS) is 14.3. The maximum Gasteiger partial charge on any atom is 0.265 e. The van der Waals surface area contributed by atoms with Gasteiger partial charge in [0.05, 0.1) is 17.1 Å². The number of nitrogens with zero attached hydrogens (tertiary/aromatic N) is 1. The number of carbonyl (C=O) groups excluding carboxylic acids is 2. The molecule has 5 heteroatoms. The minimum absolute atomic E-state index is 0.0133. The summed E-state index contributed by atoms with van der Waals surface area (Å²) in [6, 6.07) is 23.7. The molecule has 0 saturated heterocycles. The lowest BCUT2D eigenvalue weighted by Crippen LogP contribution is -2.33. The smallest absolute Gasteiger partial charge is 0.265 e. The van der Waals surface area contributed by atoms with Gasteiger partial charge in [-0.1, -0.05) is 79.2 Å². The fraction of sp³-hybridized carbons (Fsp3) is 0.214. The molecule has 2 amide bonds. The van der Waals surface area contributed by atoms with Crippen LogP contribution in [0.5, 0.6) is 0 Å². The average molecular weight is 457 g/mol. The van der Waals surface area contributed by atoms with E-state index in [2.05, 4.69) is 43.4 Å². The van der Waals surface area contributed by atoms with Crippen molar-refractivity contribution < 1.29 is 9.59 Å². The van der Waals surface area contributed by atoms with Crippen LogP contribution in [0.25, 0.3) is 6.08 Å². The van der Waals surface area contributed by atoms with E-state index in [4.69, 9.17) is 0 Å². The Morgan fingerprint density at radius 1 is 1.00 bits per heavy atom. The molecule has 0 atom stereocenters. The van der Waals surface area contributed by atoms with Gasteiger partial charge < -0.3 is 10.2 Å². The number of unbranched alkanes of at least 4 members (excludes halogenated alkanes) is 1. The van der Waals surface area contributed by atoms with Crippen LogP contribution in [0.1, 0.15) is 46.8 Å². The highest BCUT2D eigenvalue weighted by molar-refractivity contribution is 8.04. The van der Waals surface area contributed by atoms with Crippen LogP contribution in [-0.4, -0.2) is 18.4 Å². The first-order valence-corrected chi connectivity index (χ1v) is 12.1. The van der Waals surface area contributed by atoms with Gasteiger partial charge in [0.2, 0.25) is 0 Å². The van der Waals surface area contributed by atoms with Crippen molar-refractivity contribution in [3.63, 3.8) is 0 Å². The second kappa shape index (κ2) is 10.5. The van der Waals surface area contributed by atoms with E-state index in [0.29, 0.717) is 23.6 Å². The van der Waals surface area contributed by atoms with Crippen molar-refractivity contribution in [1.82, 2.24) is 5.32 Å². The summed E-state index contributed by atoms with van der Waals surface area (Å²) in [7, 11) is 0. The molecule has 0 aromatic heterocycles. The molecule has 0 fully saturated rings. The molecule has 3 aromatic carbocycles. The van der Waals surface area contributed by atoms with Crippen LogP contribution in [0.3, 0.4) is 0 Å². The number of amides is 2. The Morgan fingerprint density at radius 3 is 2.45 bits per heavy atom. The molecule has 1 aliphatic heterocycles. The van der Waals surface area contributed by atoms with Gasteiger partial charge in [-0.3, -0.25) is 9.59 Å². The Bertz CT molecular complexity index is 1170. The van der Waals surface area contributed by atoms with Crippen LogP contribution < -0.4 is 10.2 Å². The van der Waals surface area contributed by atoms with E-state index in [1.54, 1.807) is 0 Å². The maximum absolute atomic E-state index is 13.5. The summed E-state index contributed by atoms with van der Waals surface area (Å²) in [5.41, 5.74) is 4.74. The number of rotatable bonds is 7. The van der Waals surface area contributed by atoms with Gasteiger partial charge in [-0.15, -0.1) is 0 Å². The number of hydrogen-bond acceptors (Lipinski definition) is 3. The molecule has 0 spiro atoms. The number of benzene rings is 3. The van der Waals surface area contributed by atoms with E-state index in [1.807, 2.05) is 59.5 Å². The standard InChI is InChI=1S/C28H28N2O2S/c1-3-4-17-29-27(31)23-15-13-21(14-16-23)18-26-28(32)30(19-22-11-9-20(2)10-12-22)24-7-5-6-8-25(24)33-26/h5-16,18H,3-4,17,19H2,1-2H3,(H,29,31)/b26-18+. The van der Waals surface area contributed by atoms with E-state index in [9.17, 15) is 9.59 Å². The number of para-hydroxylation sites is 1. The zero-order valence-electron chi connectivity index (χ0n) is 19.0. The van der Waals surface area contributed by atoms with Gasteiger partial charge in [-0.25, -0.2) is 0 Å². The van der Waals surface area contributed by atoms with E-state index in [0.717, 1.165) is 34.6 Å². The molecule has 0 saturated carbocycles. The Balaban J connectivity index is 1.57. The Kier molecular flexibility index (Phi) is 7.30. The van der Waals surface area contributed by atoms with Crippen LogP contribution in [0.4, 0.5) is 5.69 Å². The van der Waals surface area contributed by atoms with Crippen molar-refractivity contribution >= 4 is 35.3 Å². The molecule has 4 rings (SSSR count). The number of carbonyl (C=O) groups is 2. The molecule has 0 bridgehead atoms. The van der Waals surface area contributed by atoms with Crippen LogP contribution >= 0.6 is 11.8 Å². The van der Waals surface area contributed by atoms with Crippen LogP contribution in [0, 0.1) is 6.92 Å². The number of hydrogen-bond donors (Lipinski definition) is 1. The molecule has 0 unspecified atom stereocenters. The summed E-state index contributed by atoms with van der Waals surface area (Å²) in [4.78, 5) is 29.3. The molecule has 1 heterocycles. The van der Waals surface area contributed by atoms with Gasteiger partial charge >= 0.3 is 0 Å². The van der Waals surface area contributed by atoms with Crippen LogP contribution in [0.15, 0.2) is 82.6 Å². The number of fused-ring (bicyclic) bond motifs is 1. The molecule has 3 aromatic rings. The monoisotopic (exact) mass is 456 g/mol. The van der Waals surface area contributed by atoms with Crippen LogP contribution in [-0.2, 0) is 11.3 Å². The molecule has 168 valence electrons. The summed E-state index contributed by atoms with van der Waals surface area (Å²) in [5.74, 6) is -0.0790. The summed E-state index contributed by atoms with van der Waals surface area (Å²) in [5, 5.41) is 2.93. The predicted octanol–water partition coefficient (Wildman–Crippen LogP) is 6.20. The van der Waals surface area contributed by atoms with Crippen molar-refractivity contribution in [3.8, 4) is 0 Å². The van der Waals surface area contributed by atoms with Crippen molar-refractivity contribution in [1.29, 1.82) is 0 Å². The van der Waals surface area contributed by atoms with Crippen molar-refractivity contribution in [2.75, 3.05) is 11.4 Å². The van der Waals surface area contributed by atoms with Gasteiger partial charge in [-0.2, -0.15) is 0 Å². The van der Waals surface area contributed by atoms with Crippen molar-refractivity contribution in [2.45, 2.75) is 38.1 Å². The zero-order chi connectivity index (χ0) is 23.2. The topological polar surface area (TPSA) is 49.4 Å². The second-order valence-corrected chi connectivity index (χ2v) is 9.27. The molecule has 0 aliphatic carbocycles. The van der Waals surface area contributed by atoms with Gasteiger partial charge in [0.15, 0.2) is 0 Å². The number of aryl methyl sites for hydroxylation is 1. The predicted molar refractivity (Wildman–Crippen MR) is 136 cm³/mol. The first kappa shape index (κ1) is 22.9.